The van der Waals surface area contributed by atoms with Crippen LogP contribution in [0.25, 0.3) is 0 Å². The van der Waals surface area contributed by atoms with Crippen molar-refractivity contribution in [1.82, 2.24) is 11.0 Å². The van der Waals surface area contributed by atoms with Gasteiger partial charge in [0, 0.05) is 13.0 Å². The van der Waals surface area contributed by atoms with Gasteiger partial charge in [0.25, 0.3) is 0 Å². The van der Waals surface area contributed by atoms with Gasteiger partial charge in [-0.2, -0.15) is 5.53 Å². The summed E-state index contributed by atoms with van der Waals surface area (Å²) >= 11 is 0. The summed E-state index contributed by atoms with van der Waals surface area (Å²) in [7, 11) is 0. The Morgan fingerprint density at radius 1 is 1.36 bits per heavy atom. The Morgan fingerprint density at radius 3 is 2.64 bits per heavy atom. The molecule has 0 amide bonds. The number of carboxylic acids is 1. The van der Waals surface area contributed by atoms with E-state index in [1.807, 2.05) is 0 Å². The monoisotopic (exact) mass is 161 g/mol. The summed E-state index contributed by atoms with van der Waals surface area (Å²) in [6.45, 7) is 0.774. The van der Waals surface area contributed by atoms with E-state index in [0.29, 0.717) is 0 Å². The maximum absolute atomic E-state index is 10.0. The average Bonchev–Trinajstić information content (AvgIpc) is 1.96. The minimum Gasteiger partial charge on any atom is -0.481 e. The van der Waals surface area contributed by atoms with Crippen LogP contribution in [-0.4, -0.2) is 17.6 Å². The van der Waals surface area contributed by atoms with Gasteiger partial charge >= 0.3 is 5.97 Å². The first-order valence-electron chi connectivity index (χ1n) is 3.67. The van der Waals surface area contributed by atoms with E-state index in [1.54, 1.807) is 0 Å². The van der Waals surface area contributed by atoms with Gasteiger partial charge in [-0.3, -0.25) is 10.6 Å². The topological polar surface area (TPSA) is 87.4 Å². The summed E-state index contributed by atoms with van der Waals surface area (Å²) < 4.78 is 0. The number of hydrogen-bond donors (Lipinski definition) is 4. The molecule has 0 aromatic rings. The fourth-order valence-corrected chi connectivity index (χ4v) is 0.739. The van der Waals surface area contributed by atoms with Crippen LogP contribution in [0.4, 0.5) is 0 Å². The van der Waals surface area contributed by atoms with E-state index in [9.17, 15) is 4.79 Å². The molecule has 0 unspecified atom stereocenters. The van der Waals surface area contributed by atoms with Gasteiger partial charge in [-0.25, -0.2) is 5.43 Å². The van der Waals surface area contributed by atoms with E-state index in [4.69, 9.17) is 10.9 Å². The molecule has 0 atom stereocenters. The summed E-state index contributed by atoms with van der Waals surface area (Å²) in [5.41, 5.74) is 5.02. The summed E-state index contributed by atoms with van der Waals surface area (Å²) in [5, 5.41) is 8.27. The number of rotatable bonds is 7. The van der Waals surface area contributed by atoms with Crippen LogP contribution in [0.15, 0.2) is 0 Å². The molecule has 0 aromatic heterocycles. The van der Waals surface area contributed by atoms with Gasteiger partial charge in [0.2, 0.25) is 0 Å². The zero-order valence-electron chi connectivity index (χ0n) is 6.47. The van der Waals surface area contributed by atoms with E-state index < -0.39 is 5.97 Å². The second kappa shape index (κ2) is 7.46. The molecule has 0 aromatic carbocycles. The Bertz CT molecular complexity index is 108. The molecule has 0 bridgehead atoms. The van der Waals surface area contributed by atoms with Crippen molar-refractivity contribution in [2.24, 2.45) is 5.84 Å². The van der Waals surface area contributed by atoms with Crippen LogP contribution in [0.1, 0.15) is 25.7 Å². The summed E-state index contributed by atoms with van der Waals surface area (Å²) in [4.78, 5) is 10.0. The third kappa shape index (κ3) is 9.35. The normalized spacial score (nSPS) is 9.91. The predicted molar refractivity (Wildman–Crippen MR) is 41.4 cm³/mol. The van der Waals surface area contributed by atoms with E-state index >= 15 is 0 Å². The van der Waals surface area contributed by atoms with Crippen molar-refractivity contribution in [3.05, 3.63) is 0 Å². The van der Waals surface area contributed by atoms with Crippen molar-refractivity contribution in [2.45, 2.75) is 25.7 Å². The van der Waals surface area contributed by atoms with Gasteiger partial charge in [-0.1, -0.05) is 6.42 Å². The van der Waals surface area contributed by atoms with Gasteiger partial charge in [-0.05, 0) is 12.8 Å². The first-order chi connectivity index (χ1) is 5.27. The summed E-state index contributed by atoms with van der Waals surface area (Å²) in [6, 6.07) is 0. The molecule has 66 valence electrons. The number of aliphatic carboxylic acids is 1. The number of nitrogens with two attached hydrogens (primary N) is 1. The minimum absolute atomic E-state index is 0.260. The van der Waals surface area contributed by atoms with E-state index in [-0.39, 0.29) is 6.42 Å². The molecule has 0 saturated carbocycles. The molecule has 5 heteroatoms. The van der Waals surface area contributed by atoms with Gasteiger partial charge in [-0.15, -0.1) is 0 Å². The molecule has 0 rings (SSSR count). The third-order valence-corrected chi connectivity index (χ3v) is 1.29. The Hall–Kier alpha value is -0.650. The smallest absolute Gasteiger partial charge is 0.303 e. The maximum Gasteiger partial charge on any atom is 0.303 e. The number of hydrogen-bond acceptors (Lipinski definition) is 4. The molecule has 5 N–H and O–H groups in total. The SMILES string of the molecule is NNNCCCCCC(=O)O. The molecule has 5 nitrogen and oxygen atoms in total. The lowest BCUT2D eigenvalue weighted by molar-refractivity contribution is -0.137. The van der Waals surface area contributed by atoms with Crippen molar-refractivity contribution < 1.29 is 9.90 Å². The van der Waals surface area contributed by atoms with Crippen LogP contribution in [0.2, 0.25) is 0 Å². The van der Waals surface area contributed by atoms with E-state index in [2.05, 4.69) is 11.0 Å². The highest BCUT2D eigenvalue weighted by Crippen LogP contribution is 1.97. The van der Waals surface area contributed by atoms with Gasteiger partial charge in [0.05, 0.1) is 0 Å². The molecule has 0 radical (unpaired) electrons. The molecule has 0 aliphatic carbocycles. The highest BCUT2D eigenvalue weighted by molar-refractivity contribution is 5.66. The van der Waals surface area contributed by atoms with Gasteiger partial charge < -0.3 is 5.11 Å². The quantitative estimate of drug-likeness (QED) is 0.232. The maximum atomic E-state index is 10.0. The van der Waals surface area contributed by atoms with Crippen molar-refractivity contribution in [3.8, 4) is 0 Å². The highest BCUT2D eigenvalue weighted by atomic mass is 16.4. The third-order valence-electron chi connectivity index (χ3n) is 1.29. The van der Waals surface area contributed by atoms with Crippen LogP contribution in [0.5, 0.6) is 0 Å². The van der Waals surface area contributed by atoms with Gasteiger partial charge in [0.1, 0.15) is 0 Å². The molecular formula is C6H15N3O2. The van der Waals surface area contributed by atoms with Crippen LogP contribution in [0, 0.1) is 0 Å². The lowest BCUT2D eigenvalue weighted by Crippen LogP contribution is -2.38. The van der Waals surface area contributed by atoms with E-state index in [0.717, 1.165) is 25.8 Å². The number of carbonyl (C=O) groups is 1. The van der Waals surface area contributed by atoms with Crippen molar-refractivity contribution in [1.29, 1.82) is 0 Å². The Balaban J connectivity index is 2.85. The molecule has 0 fully saturated rings. The van der Waals surface area contributed by atoms with Gasteiger partial charge in [0.15, 0.2) is 0 Å². The molecule has 0 spiro atoms. The highest BCUT2D eigenvalue weighted by Gasteiger charge is 1.95. The zero-order chi connectivity index (χ0) is 8.53. The Labute approximate surface area is 65.9 Å². The van der Waals surface area contributed by atoms with Crippen LogP contribution in [0.3, 0.4) is 0 Å². The largest absolute Gasteiger partial charge is 0.481 e. The first kappa shape index (κ1) is 10.3. The van der Waals surface area contributed by atoms with Crippen LogP contribution >= 0.6 is 0 Å². The fourth-order valence-electron chi connectivity index (χ4n) is 0.739. The summed E-state index contributed by atoms with van der Waals surface area (Å²) in [5.74, 6) is 4.21. The Kier molecular flexibility index (Phi) is 7.02. The molecule has 0 aliphatic heterocycles. The second-order valence-corrected chi connectivity index (χ2v) is 2.28. The number of carboxylic acid groups (broad SMARTS) is 1. The molecule has 11 heavy (non-hydrogen) atoms. The standard InChI is InChI=1S/C6H15N3O2/c7-9-8-5-3-1-2-4-6(10)11/h8-9H,1-5,7H2,(H,10,11). The van der Waals surface area contributed by atoms with Crippen LogP contribution in [-0.2, 0) is 4.79 Å². The Morgan fingerprint density at radius 2 is 2.09 bits per heavy atom. The van der Waals surface area contributed by atoms with Crippen molar-refractivity contribution in [2.75, 3.05) is 6.54 Å². The lowest BCUT2D eigenvalue weighted by atomic mass is 10.2. The number of nitrogens with one attached hydrogen (secondary N) is 2. The number of unbranched alkanes of at least 4 members (excludes halogenated alkanes) is 2. The molecule has 0 heterocycles. The first-order valence-corrected chi connectivity index (χ1v) is 3.67. The van der Waals surface area contributed by atoms with Crippen molar-refractivity contribution in [3.63, 3.8) is 0 Å². The van der Waals surface area contributed by atoms with Crippen molar-refractivity contribution >= 4 is 5.97 Å². The fraction of sp³-hybridized carbons (Fsp3) is 0.833. The predicted octanol–water partition coefficient (Wildman–Crippen LogP) is -0.401. The average molecular weight is 161 g/mol. The summed E-state index contributed by atoms with van der Waals surface area (Å²) in [6.07, 6.45) is 2.86. The second-order valence-electron chi connectivity index (χ2n) is 2.28. The van der Waals surface area contributed by atoms with E-state index in [1.165, 1.54) is 0 Å². The van der Waals surface area contributed by atoms with Crippen LogP contribution < -0.4 is 16.8 Å². The molecular weight excluding hydrogens is 146 g/mol. The number of hydrazine groups is 2. The molecule has 0 saturated heterocycles. The zero-order valence-corrected chi connectivity index (χ0v) is 6.47. The molecule has 0 aliphatic rings. The lowest BCUT2D eigenvalue weighted by Gasteiger charge is -2.00. The minimum atomic E-state index is -0.727.